The molecule has 0 atom stereocenters. The third-order valence-electron chi connectivity index (χ3n) is 5.74. The Balaban J connectivity index is 1.31. The molecule has 1 aliphatic carbocycles. The molecule has 1 N–H and O–H groups in total. The molecule has 0 aromatic carbocycles. The summed E-state index contributed by atoms with van der Waals surface area (Å²) in [7, 11) is 0. The topological polar surface area (TPSA) is 53.0 Å². The summed E-state index contributed by atoms with van der Waals surface area (Å²) < 4.78 is 6.19. The van der Waals surface area contributed by atoms with Gasteiger partial charge in [-0.3, -0.25) is 9.69 Å². The van der Waals surface area contributed by atoms with Crippen molar-refractivity contribution in [3.8, 4) is 0 Å². The van der Waals surface area contributed by atoms with Crippen LogP contribution in [0.25, 0.3) is 0 Å². The highest BCUT2D eigenvalue weighted by Crippen LogP contribution is 2.34. The number of hydrogen-bond donors (Lipinski definition) is 1. The van der Waals surface area contributed by atoms with Crippen LogP contribution in [0.3, 0.4) is 0 Å². The number of ether oxygens (including phenoxy) is 1. The van der Waals surface area contributed by atoms with Gasteiger partial charge >= 0.3 is 0 Å². The predicted octanol–water partition coefficient (Wildman–Crippen LogP) is 1.71. The maximum absolute atomic E-state index is 12.4. The van der Waals surface area contributed by atoms with E-state index in [1.165, 1.54) is 4.88 Å². The number of morpholine rings is 1. The smallest absolute Gasteiger partial charge is 0.225 e. The Labute approximate surface area is 147 Å². The molecule has 3 heterocycles. The number of carbonyl (C=O) groups is 1. The van der Waals surface area contributed by atoms with E-state index in [0.717, 1.165) is 52.2 Å². The average Bonchev–Trinajstić information content (AvgIpc) is 3.05. The summed E-state index contributed by atoms with van der Waals surface area (Å²) in [5.74, 6) is 0.290. The zero-order chi connectivity index (χ0) is 16.6. The number of amides is 1. The van der Waals surface area contributed by atoms with Crippen molar-refractivity contribution in [3.63, 3.8) is 0 Å². The van der Waals surface area contributed by atoms with Gasteiger partial charge in [-0.05, 0) is 37.1 Å². The van der Waals surface area contributed by atoms with E-state index < -0.39 is 0 Å². The molecule has 6 heteroatoms. The van der Waals surface area contributed by atoms with E-state index in [-0.39, 0.29) is 23.5 Å². The number of thiophene rings is 1. The molecule has 0 bridgehead atoms. The number of aliphatic hydroxyl groups is 1. The van der Waals surface area contributed by atoms with Crippen LogP contribution in [0.2, 0.25) is 0 Å². The van der Waals surface area contributed by atoms with Gasteiger partial charge in [0.05, 0.1) is 18.3 Å². The van der Waals surface area contributed by atoms with Gasteiger partial charge in [-0.2, -0.15) is 0 Å². The van der Waals surface area contributed by atoms with Crippen molar-refractivity contribution >= 4 is 17.2 Å². The minimum atomic E-state index is -0.262. The van der Waals surface area contributed by atoms with Crippen molar-refractivity contribution in [2.75, 3.05) is 32.8 Å². The molecular formula is C18H26N2O3S. The van der Waals surface area contributed by atoms with Gasteiger partial charge in [0, 0.05) is 43.5 Å². The Bertz CT molecular complexity index is 563. The molecule has 3 aliphatic rings. The second-order valence-electron chi connectivity index (χ2n) is 7.47. The second-order valence-corrected chi connectivity index (χ2v) is 8.50. The summed E-state index contributed by atoms with van der Waals surface area (Å²) in [6.07, 6.45) is 2.88. The summed E-state index contributed by atoms with van der Waals surface area (Å²) in [6.45, 7) is 5.33. The van der Waals surface area contributed by atoms with Gasteiger partial charge in [0.15, 0.2) is 0 Å². The van der Waals surface area contributed by atoms with Crippen molar-refractivity contribution in [3.05, 3.63) is 22.4 Å². The fourth-order valence-corrected chi connectivity index (χ4v) is 4.91. The maximum atomic E-state index is 12.4. The van der Waals surface area contributed by atoms with Gasteiger partial charge < -0.3 is 14.7 Å². The lowest BCUT2D eigenvalue weighted by Crippen LogP contribution is -2.58. The van der Waals surface area contributed by atoms with Gasteiger partial charge in [0.2, 0.25) is 5.91 Å². The van der Waals surface area contributed by atoms with E-state index in [1.54, 1.807) is 0 Å². The zero-order valence-corrected chi connectivity index (χ0v) is 14.8. The first-order valence-electron chi connectivity index (χ1n) is 8.99. The summed E-state index contributed by atoms with van der Waals surface area (Å²) in [5, 5.41) is 11.5. The Hall–Kier alpha value is -0.950. The van der Waals surface area contributed by atoms with Crippen LogP contribution in [0.4, 0.5) is 0 Å². The Kier molecular flexibility index (Phi) is 4.64. The van der Waals surface area contributed by atoms with Crippen LogP contribution < -0.4 is 0 Å². The van der Waals surface area contributed by atoms with E-state index >= 15 is 0 Å². The summed E-state index contributed by atoms with van der Waals surface area (Å²) >= 11 is 1.81. The molecule has 2 aliphatic heterocycles. The summed E-state index contributed by atoms with van der Waals surface area (Å²) in [6, 6.07) is 4.30. The number of piperidine rings is 1. The van der Waals surface area contributed by atoms with Crippen LogP contribution in [0.1, 0.15) is 30.6 Å². The third-order valence-corrected chi connectivity index (χ3v) is 6.60. The SMILES string of the molecule is O=C(C1CC(O)C1)N1CCC2(CC1)CN(Cc1cccs1)CCO2. The predicted molar refractivity (Wildman–Crippen MR) is 92.8 cm³/mol. The fourth-order valence-electron chi connectivity index (χ4n) is 4.17. The lowest BCUT2D eigenvalue weighted by molar-refractivity contribution is -0.158. The molecule has 4 rings (SSSR count). The quantitative estimate of drug-likeness (QED) is 0.902. The molecule has 0 unspecified atom stereocenters. The van der Waals surface area contributed by atoms with E-state index in [0.29, 0.717) is 12.8 Å². The molecular weight excluding hydrogens is 324 g/mol. The van der Waals surface area contributed by atoms with E-state index in [9.17, 15) is 9.90 Å². The third kappa shape index (κ3) is 3.38. The van der Waals surface area contributed by atoms with Crippen molar-refractivity contribution in [2.24, 2.45) is 5.92 Å². The highest BCUT2D eigenvalue weighted by Gasteiger charge is 2.43. The van der Waals surface area contributed by atoms with Gasteiger partial charge in [0.1, 0.15) is 0 Å². The van der Waals surface area contributed by atoms with Gasteiger partial charge in [-0.25, -0.2) is 0 Å². The number of hydrogen-bond acceptors (Lipinski definition) is 5. The molecule has 1 spiro atoms. The Morgan fingerprint density at radius 1 is 1.33 bits per heavy atom. The van der Waals surface area contributed by atoms with Crippen LogP contribution in [-0.2, 0) is 16.1 Å². The second kappa shape index (κ2) is 6.75. The molecule has 1 saturated carbocycles. The number of carbonyl (C=O) groups excluding carboxylic acids is 1. The molecule has 1 aromatic rings. The lowest BCUT2D eigenvalue weighted by atomic mass is 9.80. The van der Waals surface area contributed by atoms with Gasteiger partial charge in [0.25, 0.3) is 0 Å². The molecule has 24 heavy (non-hydrogen) atoms. The van der Waals surface area contributed by atoms with Crippen LogP contribution in [0.5, 0.6) is 0 Å². The zero-order valence-electron chi connectivity index (χ0n) is 14.0. The number of aliphatic hydroxyl groups excluding tert-OH is 1. The van der Waals surface area contributed by atoms with Crippen molar-refractivity contribution < 1.29 is 14.6 Å². The molecule has 5 nitrogen and oxygen atoms in total. The largest absolute Gasteiger partial charge is 0.393 e. The standard InChI is InChI=1S/C18H26N2O3S/c21-15-10-14(11-15)17(22)20-5-3-18(4-6-20)13-19(7-8-23-18)12-16-2-1-9-24-16/h1-2,9,14-15,21H,3-8,10-13H2. The van der Waals surface area contributed by atoms with Crippen LogP contribution >= 0.6 is 11.3 Å². The first-order valence-corrected chi connectivity index (χ1v) is 9.87. The highest BCUT2D eigenvalue weighted by molar-refractivity contribution is 7.09. The van der Waals surface area contributed by atoms with Crippen LogP contribution in [0, 0.1) is 5.92 Å². The lowest BCUT2D eigenvalue weighted by Gasteiger charge is -2.48. The summed E-state index contributed by atoms with van der Waals surface area (Å²) in [5.41, 5.74) is -0.0780. The van der Waals surface area contributed by atoms with Crippen molar-refractivity contribution in [2.45, 2.75) is 43.9 Å². The van der Waals surface area contributed by atoms with Crippen molar-refractivity contribution in [1.82, 2.24) is 9.80 Å². The van der Waals surface area contributed by atoms with Gasteiger partial charge in [-0.15, -0.1) is 11.3 Å². The molecule has 132 valence electrons. The molecule has 2 saturated heterocycles. The molecule has 1 aromatic heterocycles. The van der Waals surface area contributed by atoms with Gasteiger partial charge in [-0.1, -0.05) is 6.07 Å². The summed E-state index contributed by atoms with van der Waals surface area (Å²) in [4.78, 5) is 18.3. The van der Waals surface area contributed by atoms with Crippen LogP contribution in [-0.4, -0.2) is 65.3 Å². The Morgan fingerprint density at radius 3 is 2.79 bits per heavy atom. The molecule has 3 fully saturated rings. The number of nitrogens with zero attached hydrogens (tertiary/aromatic N) is 2. The van der Waals surface area contributed by atoms with E-state index in [4.69, 9.17) is 4.74 Å². The first kappa shape index (κ1) is 16.5. The van der Waals surface area contributed by atoms with Crippen LogP contribution in [0.15, 0.2) is 17.5 Å². The normalized spacial score (nSPS) is 30.3. The molecule has 0 radical (unpaired) electrons. The number of rotatable bonds is 3. The monoisotopic (exact) mass is 350 g/mol. The maximum Gasteiger partial charge on any atom is 0.225 e. The first-order chi connectivity index (χ1) is 11.6. The highest BCUT2D eigenvalue weighted by atomic mass is 32.1. The average molecular weight is 350 g/mol. The minimum Gasteiger partial charge on any atom is -0.393 e. The number of likely N-dealkylation sites (tertiary alicyclic amines) is 1. The fraction of sp³-hybridized carbons (Fsp3) is 0.722. The Morgan fingerprint density at radius 2 is 2.12 bits per heavy atom. The van der Waals surface area contributed by atoms with E-state index in [2.05, 4.69) is 22.4 Å². The van der Waals surface area contributed by atoms with E-state index in [1.807, 2.05) is 16.2 Å². The minimum absolute atomic E-state index is 0.0525. The van der Waals surface area contributed by atoms with Crippen molar-refractivity contribution in [1.29, 1.82) is 0 Å². The molecule has 1 amide bonds.